The van der Waals surface area contributed by atoms with E-state index >= 15 is 0 Å². The van der Waals surface area contributed by atoms with Gasteiger partial charge in [0.15, 0.2) is 50.3 Å². The molecule has 8 fully saturated rings. The molecular formula is C51H88O37. The Hall–Kier alpha value is -1.48. The Morgan fingerprint density at radius 1 is 0.239 bits per heavy atom. The summed E-state index contributed by atoms with van der Waals surface area (Å²) in [4.78, 5) is 0. The Morgan fingerprint density at radius 2 is 0.523 bits per heavy atom. The number of rotatable bonds is 21. The summed E-state index contributed by atoms with van der Waals surface area (Å²) >= 11 is 0. The van der Waals surface area contributed by atoms with Crippen molar-refractivity contribution in [2.75, 3.05) is 47.8 Å². The van der Waals surface area contributed by atoms with E-state index in [0.717, 1.165) is 7.11 Å². The fourth-order valence-electron chi connectivity index (χ4n) is 11.8. The van der Waals surface area contributed by atoms with Crippen molar-refractivity contribution >= 4 is 0 Å². The SMILES string of the molecule is COC[C@H]1O[C@H](O[C@H]2O[C@H](CO)[C@@H](O)[C@H](O)[C@H]2O)[C@H](O)[C@@H](O[C@@H]2O[C@@H](C)[C@H](O)[C@@H](O[C@@H]3O[C@H](CO)[C@@H](O)[C@H](O[C@@H]4O[C@@H](C)[C@H](O)[C@@H](O[C@@H]5O[C@@H](C)[C@H](O)[C@@H](O[C@@H]6O[C@H](CO)[C@@H](O)[C@H](O[C@@H]7O[C@@H](C)[C@@H](O)[C@@H](O)[C@@H]7OC)[C@H]6O)[C@H]5OC)[C@H]4O)[C@H]3O)[C@H]2O)[C@@H]1O. The Bertz CT molecular complexity index is 2110. The molecule has 0 amide bonds. The predicted molar refractivity (Wildman–Crippen MR) is 273 cm³/mol. The molecule has 0 aliphatic carbocycles. The smallest absolute Gasteiger partial charge is 0.189 e. The number of aliphatic hydroxyl groups is 19. The molecule has 0 aromatic heterocycles. The first-order valence-corrected chi connectivity index (χ1v) is 28.7. The lowest BCUT2D eigenvalue weighted by molar-refractivity contribution is -0.403. The van der Waals surface area contributed by atoms with Gasteiger partial charge in [0.25, 0.3) is 0 Å². The van der Waals surface area contributed by atoms with Crippen molar-refractivity contribution in [2.45, 2.75) is 273 Å². The molecule has 8 saturated heterocycles. The zero-order valence-corrected chi connectivity index (χ0v) is 48.8. The van der Waals surface area contributed by atoms with Crippen LogP contribution in [-0.2, 0) is 85.3 Å². The van der Waals surface area contributed by atoms with Crippen molar-refractivity contribution in [1.29, 1.82) is 0 Å². The number of methoxy groups -OCH3 is 3. The standard InChI is InChI=1S/C51H88O37/c1-12-20(55)29(64)42(72-6)50(76-12)86-39-26(61)18(10-54)80-48(34(39)69)87-41-23(58)15(4)77-51(43(41)73-7)85-37-22(57)14(3)75-46(32(37)67)83-38-25(60)17(9-53)79-47(33(38)68)82-36-21(56)13(2)74-45(31(36)66)84-40-27(62)19(11-71-5)81-49(35(40)70)88-44-30(65)28(63)24(59)16(8-52)78-44/h12-70H,8-11H2,1-7H3/t12-,13-,14-,15-,16+,17+,18+,19+,20+,21-,22-,23-,24+,25+,26+,27+,28-,29+,30+,31+,32+,33+,34+,35+,36+,37+,38-,39-,40-,41+,42-,43+,44+,45-,46-,47-,48-,49+,50-,51-/m0/s1. The average molecular weight is 1290 g/mol. The van der Waals surface area contributed by atoms with Crippen LogP contribution in [0.4, 0.5) is 0 Å². The molecule has 8 heterocycles. The molecule has 0 spiro atoms. The Kier molecular flexibility index (Phi) is 25.4. The van der Waals surface area contributed by atoms with Gasteiger partial charge in [0.05, 0.1) is 50.8 Å². The summed E-state index contributed by atoms with van der Waals surface area (Å²) in [5, 5.41) is 210. The van der Waals surface area contributed by atoms with Crippen LogP contribution in [0.1, 0.15) is 27.7 Å². The van der Waals surface area contributed by atoms with Crippen molar-refractivity contribution in [3.05, 3.63) is 0 Å². The highest BCUT2D eigenvalue weighted by Crippen LogP contribution is 2.39. The Labute approximate surface area is 502 Å². The Balaban J connectivity index is 0.949. The molecule has 0 saturated carbocycles. The highest BCUT2D eigenvalue weighted by Gasteiger charge is 2.59. The minimum absolute atomic E-state index is 0.381. The van der Waals surface area contributed by atoms with Crippen LogP contribution in [0.25, 0.3) is 0 Å². The molecule has 40 atom stereocenters. The third-order valence-electron chi connectivity index (χ3n) is 17.1. The summed E-state index contributed by atoms with van der Waals surface area (Å²) in [6.07, 6.45) is -69.0. The molecule has 8 aliphatic rings. The van der Waals surface area contributed by atoms with Gasteiger partial charge in [-0.25, -0.2) is 0 Å². The van der Waals surface area contributed by atoms with Gasteiger partial charge in [-0.2, -0.15) is 0 Å². The van der Waals surface area contributed by atoms with E-state index in [4.69, 9.17) is 85.3 Å². The van der Waals surface area contributed by atoms with Crippen molar-refractivity contribution in [3.63, 3.8) is 0 Å². The number of ether oxygens (including phenoxy) is 18. The van der Waals surface area contributed by atoms with E-state index in [0.29, 0.717) is 0 Å². The van der Waals surface area contributed by atoms with Crippen LogP contribution >= 0.6 is 0 Å². The molecule has 37 heteroatoms. The van der Waals surface area contributed by atoms with Gasteiger partial charge in [-0.3, -0.25) is 0 Å². The minimum atomic E-state index is -2.17. The quantitative estimate of drug-likeness (QED) is 0.0507. The molecule has 0 bridgehead atoms. The maximum atomic E-state index is 11.9. The van der Waals surface area contributed by atoms with E-state index in [-0.39, 0.29) is 6.61 Å². The summed E-state index contributed by atoms with van der Waals surface area (Å²) in [5.74, 6) is 0. The second-order valence-electron chi connectivity index (χ2n) is 23.0. The first-order valence-electron chi connectivity index (χ1n) is 28.7. The molecule has 0 aromatic rings. The molecule has 0 radical (unpaired) electrons. The van der Waals surface area contributed by atoms with Gasteiger partial charge in [0.2, 0.25) is 0 Å². The second-order valence-corrected chi connectivity index (χ2v) is 23.0. The lowest BCUT2D eigenvalue weighted by Crippen LogP contribution is -2.68. The molecule has 0 unspecified atom stereocenters. The van der Waals surface area contributed by atoms with Crippen molar-refractivity contribution < 1.29 is 182 Å². The van der Waals surface area contributed by atoms with Gasteiger partial charge in [0.1, 0.15) is 171 Å². The van der Waals surface area contributed by atoms with E-state index in [1.54, 1.807) is 0 Å². The van der Waals surface area contributed by atoms with Gasteiger partial charge in [-0.05, 0) is 27.7 Å². The summed E-state index contributed by atoms with van der Waals surface area (Å²) < 4.78 is 104. The predicted octanol–water partition coefficient (Wildman–Crippen LogP) is -12.4. The summed E-state index contributed by atoms with van der Waals surface area (Å²) in [6.45, 7) is 2.38. The van der Waals surface area contributed by atoms with Gasteiger partial charge < -0.3 is 182 Å². The summed E-state index contributed by atoms with van der Waals surface area (Å²) in [6, 6.07) is 0. The molecule has 19 N–H and O–H groups in total. The fourth-order valence-corrected chi connectivity index (χ4v) is 11.8. The van der Waals surface area contributed by atoms with Gasteiger partial charge in [-0.15, -0.1) is 0 Å². The lowest BCUT2D eigenvalue weighted by Gasteiger charge is -2.50. The van der Waals surface area contributed by atoms with E-state index in [9.17, 15) is 97.0 Å². The van der Waals surface area contributed by atoms with Crippen LogP contribution in [0.5, 0.6) is 0 Å². The molecule has 8 rings (SSSR count). The van der Waals surface area contributed by atoms with E-state index in [1.165, 1.54) is 41.9 Å². The molecule has 514 valence electrons. The maximum absolute atomic E-state index is 11.9. The Morgan fingerprint density at radius 3 is 0.920 bits per heavy atom. The maximum Gasteiger partial charge on any atom is 0.189 e. The third-order valence-corrected chi connectivity index (χ3v) is 17.1. The van der Waals surface area contributed by atoms with Crippen molar-refractivity contribution in [2.24, 2.45) is 0 Å². The first kappa shape index (κ1) is 72.4. The van der Waals surface area contributed by atoms with Gasteiger partial charge >= 0.3 is 0 Å². The van der Waals surface area contributed by atoms with E-state index in [1.807, 2.05) is 0 Å². The van der Waals surface area contributed by atoms with Crippen LogP contribution in [0.3, 0.4) is 0 Å². The number of hydrogen-bond acceptors (Lipinski definition) is 37. The summed E-state index contributed by atoms with van der Waals surface area (Å²) in [5.41, 5.74) is 0. The molecule has 37 nitrogen and oxygen atoms in total. The molecular weight excluding hydrogens is 1200 g/mol. The topological polar surface area (TPSA) is 551 Å². The van der Waals surface area contributed by atoms with Crippen LogP contribution in [0.2, 0.25) is 0 Å². The van der Waals surface area contributed by atoms with Gasteiger partial charge in [-0.1, -0.05) is 0 Å². The second kappa shape index (κ2) is 30.9. The molecule has 0 aromatic carbocycles. The molecule has 88 heavy (non-hydrogen) atoms. The van der Waals surface area contributed by atoms with Crippen LogP contribution in [0, 0.1) is 0 Å². The lowest BCUT2D eigenvalue weighted by atomic mass is 9.95. The van der Waals surface area contributed by atoms with Crippen molar-refractivity contribution in [1.82, 2.24) is 0 Å². The van der Waals surface area contributed by atoms with Crippen LogP contribution in [0.15, 0.2) is 0 Å². The van der Waals surface area contributed by atoms with E-state index < -0.39 is 265 Å². The first-order chi connectivity index (χ1) is 41.7. The normalized spacial score (nSPS) is 54.1. The highest BCUT2D eigenvalue weighted by molar-refractivity contribution is 5.01. The van der Waals surface area contributed by atoms with E-state index in [2.05, 4.69) is 0 Å². The zero-order chi connectivity index (χ0) is 64.7. The zero-order valence-electron chi connectivity index (χ0n) is 48.8. The monoisotopic (exact) mass is 1290 g/mol. The molecule has 8 aliphatic heterocycles. The average Bonchev–Trinajstić information content (AvgIpc) is 1.29. The van der Waals surface area contributed by atoms with Crippen LogP contribution < -0.4 is 0 Å². The minimum Gasteiger partial charge on any atom is -0.394 e. The largest absolute Gasteiger partial charge is 0.394 e. The summed E-state index contributed by atoms with van der Waals surface area (Å²) in [7, 11) is 3.57. The highest BCUT2D eigenvalue weighted by atomic mass is 16.8. The number of aliphatic hydroxyl groups excluding tert-OH is 19. The van der Waals surface area contributed by atoms with Gasteiger partial charge in [0, 0.05) is 21.3 Å². The number of hydrogen-bond donors (Lipinski definition) is 19. The third kappa shape index (κ3) is 14.8. The van der Waals surface area contributed by atoms with Crippen molar-refractivity contribution in [3.8, 4) is 0 Å². The fraction of sp³-hybridized carbons (Fsp3) is 1.00. The van der Waals surface area contributed by atoms with Crippen LogP contribution in [-0.4, -0.2) is 390 Å².